The number of carbonyl (C=O) groups excluding carboxylic acids is 1. The molecule has 0 N–H and O–H groups in total. The zero-order chi connectivity index (χ0) is 30.3. The van der Waals surface area contributed by atoms with E-state index >= 15 is 0 Å². The van der Waals surface area contributed by atoms with Crippen LogP contribution in [-0.4, -0.2) is 34.9 Å². The van der Waals surface area contributed by atoms with Gasteiger partial charge in [-0.3, -0.25) is 4.79 Å². The van der Waals surface area contributed by atoms with Gasteiger partial charge in [-0.15, -0.1) is 5.10 Å². The van der Waals surface area contributed by atoms with Crippen molar-refractivity contribution in [1.82, 2.24) is 15.0 Å². The topological polar surface area (TPSA) is 66.2 Å². The van der Waals surface area contributed by atoms with Crippen molar-refractivity contribution in [2.75, 3.05) is 0 Å². The Balaban J connectivity index is 1.81. The minimum absolute atomic E-state index is 0.150. The van der Waals surface area contributed by atoms with Crippen LogP contribution in [0.3, 0.4) is 0 Å². The van der Waals surface area contributed by atoms with Crippen LogP contribution in [0, 0.1) is 6.92 Å². The van der Waals surface area contributed by atoms with Crippen molar-refractivity contribution in [2.24, 2.45) is 7.05 Å². The molecule has 1 aromatic heterocycles. The van der Waals surface area contributed by atoms with Crippen molar-refractivity contribution in [3.63, 3.8) is 0 Å². The molecule has 4 rings (SSSR count). The van der Waals surface area contributed by atoms with E-state index in [1.54, 1.807) is 4.68 Å². The van der Waals surface area contributed by atoms with E-state index < -0.39 is 13.9 Å². The maximum atomic E-state index is 13.3. The zero-order valence-electron chi connectivity index (χ0n) is 27.2. The minimum atomic E-state index is -2.03. The van der Waals surface area contributed by atoms with Crippen LogP contribution in [0.15, 0.2) is 24.3 Å². The van der Waals surface area contributed by atoms with Crippen LogP contribution < -0.4 is 0 Å². The molecule has 1 aliphatic rings. The van der Waals surface area contributed by atoms with Crippen LogP contribution in [0.25, 0.3) is 11.0 Å². The molecule has 1 aliphatic carbocycles. The predicted molar refractivity (Wildman–Crippen MR) is 170 cm³/mol. The van der Waals surface area contributed by atoms with E-state index in [0.29, 0.717) is 23.2 Å². The van der Waals surface area contributed by atoms with Crippen molar-refractivity contribution >= 4 is 25.3 Å². The first kappa shape index (κ1) is 31.4. The highest BCUT2D eigenvalue weighted by Crippen LogP contribution is 2.44. The molecule has 1 heterocycles. The summed E-state index contributed by atoms with van der Waals surface area (Å²) in [7, 11) is -0.122. The van der Waals surface area contributed by atoms with Crippen LogP contribution in [0.1, 0.15) is 114 Å². The molecule has 0 fully saturated rings. The lowest BCUT2D eigenvalue weighted by molar-refractivity contribution is -0.155. The SMILES string of the molecule is Cc1c([C@@H](CC(=O)OC(C)(C)C)c2cc3c(c(CO[Si](C(C)C)(C(C)C)C(C)C)c2)CCC3)ccc2c1nnn2C. The largest absolute Gasteiger partial charge is 0.460 e. The highest BCUT2D eigenvalue weighted by molar-refractivity contribution is 6.77. The van der Waals surface area contributed by atoms with Gasteiger partial charge in [-0.05, 0) is 103 Å². The maximum Gasteiger partial charge on any atom is 0.307 e. The number of aryl methyl sites for hydroxylation is 3. The second-order valence-electron chi connectivity index (χ2n) is 14.0. The average molecular weight is 578 g/mol. The molecular formula is C34H51N3O3Si. The average Bonchev–Trinajstić information content (AvgIpc) is 3.48. The lowest BCUT2D eigenvalue weighted by Crippen LogP contribution is -2.47. The summed E-state index contributed by atoms with van der Waals surface area (Å²) in [5.74, 6) is -0.339. The lowest BCUT2D eigenvalue weighted by Gasteiger charge is -2.42. The summed E-state index contributed by atoms with van der Waals surface area (Å²) < 4.78 is 14.8. The highest BCUT2D eigenvalue weighted by Gasteiger charge is 2.45. The molecule has 0 unspecified atom stereocenters. The second-order valence-corrected chi connectivity index (χ2v) is 19.4. The number of esters is 1. The molecule has 0 aliphatic heterocycles. The number of carbonyl (C=O) groups is 1. The molecule has 0 bridgehead atoms. The normalized spacial score (nSPS) is 14.9. The molecule has 6 nitrogen and oxygen atoms in total. The summed E-state index contributed by atoms with van der Waals surface area (Å²) in [6.45, 7) is 22.6. The number of hydrogen-bond donors (Lipinski definition) is 0. The van der Waals surface area contributed by atoms with E-state index in [1.165, 1.54) is 16.7 Å². The quantitative estimate of drug-likeness (QED) is 0.179. The van der Waals surface area contributed by atoms with Gasteiger partial charge in [-0.25, -0.2) is 4.68 Å². The first-order chi connectivity index (χ1) is 19.2. The number of rotatable bonds is 10. The number of nitrogens with zero attached hydrogens (tertiary/aromatic N) is 3. The Morgan fingerprint density at radius 2 is 1.68 bits per heavy atom. The maximum absolute atomic E-state index is 13.3. The fraction of sp³-hybridized carbons (Fsp3) is 0.618. The summed E-state index contributed by atoms with van der Waals surface area (Å²) >= 11 is 0. The molecule has 0 spiro atoms. The Morgan fingerprint density at radius 3 is 2.29 bits per heavy atom. The van der Waals surface area contributed by atoms with E-state index in [2.05, 4.69) is 83.0 Å². The summed E-state index contributed by atoms with van der Waals surface area (Å²) in [5.41, 5.74) is 10.4. The third kappa shape index (κ3) is 6.31. The number of fused-ring (bicyclic) bond motifs is 2. The van der Waals surface area contributed by atoms with Gasteiger partial charge in [-0.2, -0.15) is 0 Å². The highest BCUT2D eigenvalue weighted by atomic mass is 28.4. The van der Waals surface area contributed by atoms with Crippen molar-refractivity contribution in [3.05, 3.63) is 57.6 Å². The van der Waals surface area contributed by atoms with Gasteiger partial charge in [0, 0.05) is 13.0 Å². The van der Waals surface area contributed by atoms with Crippen LogP contribution in [-0.2, 0) is 40.5 Å². The van der Waals surface area contributed by atoms with Gasteiger partial charge in [0.1, 0.15) is 11.1 Å². The minimum Gasteiger partial charge on any atom is -0.460 e. The van der Waals surface area contributed by atoms with Crippen molar-refractivity contribution in [2.45, 2.75) is 130 Å². The number of aromatic nitrogens is 3. The van der Waals surface area contributed by atoms with Gasteiger partial charge < -0.3 is 9.16 Å². The van der Waals surface area contributed by atoms with Crippen LogP contribution in [0.2, 0.25) is 16.6 Å². The Kier molecular flexibility index (Phi) is 9.20. The van der Waals surface area contributed by atoms with Crippen LogP contribution in [0.5, 0.6) is 0 Å². The molecule has 1 atom stereocenters. The number of ether oxygens (including phenoxy) is 1. The molecule has 0 saturated heterocycles. The molecule has 7 heteroatoms. The first-order valence-corrected chi connectivity index (χ1v) is 17.6. The van der Waals surface area contributed by atoms with Crippen molar-refractivity contribution in [3.8, 4) is 0 Å². The number of hydrogen-bond acceptors (Lipinski definition) is 5. The van der Waals surface area contributed by atoms with Gasteiger partial charge in [0.15, 0.2) is 0 Å². The first-order valence-electron chi connectivity index (χ1n) is 15.4. The molecule has 0 saturated carbocycles. The summed E-state index contributed by atoms with van der Waals surface area (Å²) in [4.78, 5) is 13.3. The monoisotopic (exact) mass is 577 g/mol. The van der Waals surface area contributed by atoms with Crippen LogP contribution in [0.4, 0.5) is 0 Å². The summed E-state index contributed by atoms with van der Waals surface area (Å²) in [6, 6.07) is 8.90. The predicted octanol–water partition coefficient (Wildman–Crippen LogP) is 8.32. The van der Waals surface area contributed by atoms with Gasteiger partial charge >= 0.3 is 5.97 Å². The van der Waals surface area contributed by atoms with Crippen LogP contribution >= 0.6 is 0 Å². The molecule has 41 heavy (non-hydrogen) atoms. The Hall–Kier alpha value is -2.51. The third-order valence-corrected chi connectivity index (χ3v) is 15.2. The van der Waals surface area contributed by atoms with E-state index in [0.717, 1.165) is 47.0 Å². The standard InChI is InChI=1S/C34H51N3O3Si/c1-21(2)41(22(3)4,23(5)6)39-20-27-18-26(17-25-13-12-14-29(25)27)30(19-32(38)40-34(8,9)10)28-15-16-31-33(24(28)7)35-36-37(31)11/h15-18,21-23,30H,12-14,19-20H2,1-11H3/t30-/m0/s1. The lowest BCUT2D eigenvalue weighted by atomic mass is 9.83. The van der Waals surface area contributed by atoms with E-state index in [9.17, 15) is 4.79 Å². The van der Waals surface area contributed by atoms with Crippen molar-refractivity contribution < 1.29 is 14.0 Å². The molecule has 0 radical (unpaired) electrons. The van der Waals surface area contributed by atoms with Gasteiger partial charge in [0.25, 0.3) is 0 Å². The molecular weight excluding hydrogens is 526 g/mol. The molecule has 3 aromatic rings. The number of benzene rings is 2. The van der Waals surface area contributed by atoms with Gasteiger partial charge in [0.2, 0.25) is 8.32 Å². The second kappa shape index (κ2) is 12.0. The van der Waals surface area contributed by atoms with Gasteiger partial charge in [-0.1, -0.05) is 65.0 Å². The summed E-state index contributed by atoms with van der Waals surface area (Å²) in [6.07, 6.45) is 3.59. The molecule has 2 aromatic carbocycles. The van der Waals surface area contributed by atoms with E-state index in [1.807, 2.05) is 27.8 Å². The van der Waals surface area contributed by atoms with Gasteiger partial charge in [0.05, 0.1) is 18.5 Å². The third-order valence-electron chi connectivity index (χ3n) is 9.16. The Morgan fingerprint density at radius 1 is 1.02 bits per heavy atom. The fourth-order valence-corrected chi connectivity index (χ4v) is 12.8. The van der Waals surface area contributed by atoms with E-state index in [-0.39, 0.29) is 18.3 Å². The Labute approximate surface area is 248 Å². The summed E-state index contributed by atoms with van der Waals surface area (Å²) in [5, 5.41) is 8.71. The van der Waals surface area contributed by atoms with E-state index in [4.69, 9.17) is 9.16 Å². The molecule has 0 amide bonds. The fourth-order valence-electron chi connectivity index (χ4n) is 7.44. The van der Waals surface area contributed by atoms with Crippen molar-refractivity contribution in [1.29, 1.82) is 0 Å². The molecule has 224 valence electrons. The Bertz CT molecular complexity index is 1380. The zero-order valence-corrected chi connectivity index (χ0v) is 28.2. The smallest absolute Gasteiger partial charge is 0.307 e.